The van der Waals surface area contributed by atoms with Crippen molar-refractivity contribution in [3.05, 3.63) is 333 Å². The van der Waals surface area contributed by atoms with Crippen LogP contribution >= 0.6 is 0 Å². The molecule has 0 nitrogen and oxygen atoms in total. The summed E-state index contributed by atoms with van der Waals surface area (Å²) in [6, 6.07) is 90.3. The predicted molar refractivity (Wildman–Crippen MR) is 355 cm³/mol. The van der Waals surface area contributed by atoms with Crippen LogP contribution in [0.1, 0.15) is 77.9 Å². The first-order valence-corrected chi connectivity index (χ1v) is 28.1. The molecule has 80 heavy (non-hydrogen) atoms. The molecule has 0 aliphatic heterocycles. The van der Waals surface area contributed by atoms with E-state index < -0.39 is 0 Å². The first-order valence-electron chi connectivity index (χ1n) is 28.1. The van der Waals surface area contributed by atoms with Crippen LogP contribution in [-0.4, -0.2) is 0 Å². The Hall–Kier alpha value is -8.58. The zero-order valence-electron chi connectivity index (χ0n) is 50.2. The second kappa shape index (κ2) is 30.5. The molecule has 0 aliphatic carbocycles. The van der Waals surface area contributed by atoms with Crippen LogP contribution in [-0.2, 0) is 0 Å². The standard InChI is InChI=1S/2C14H14.3C12H12.2C8H10/c1-11-8-12(2)10-14(9-11)13-6-4-3-5-7-13;1-11-8-9-12(2)14(10-11)13-6-4-3-5-7-13;1-9-3-5-12-8-10(2)4-6-11(12)7-9;1-9-3-5-11-6-4-10(2)8-12(11)7-9;1-9-7-8-10(2)12-6-4-3-5-11(9)12;1-7-3-5-8(2)6-4-7;1-7-4-3-5-8(2)6-7/h2*3-10H,1-2H3;3*3-8H,1-2H3;2*3-6H,1-2H3. The minimum atomic E-state index is 1.29. The highest BCUT2D eigenvalue weighted by molar-refractivity contribution is 5.88. The van der Waals surface area contributed by atoms with Crippen molar-refractivity contribution in [1.82, 2.24) is 0 Å². The lowest BCUT2D eigenvalue weighted by atomic mass is 9.99. The first kappa shape index (κ1) is 60.6. The molecule has 0 amide bonds. The monoisotopic (exact) mass is 1040 g/mol. The Kier molecular flexibility index (Phi) is 23.1. The fourth-order valence-electron chi connectivity index (χ4n) is 9.45. The molecule has 0 radical (unpaired) electrons. The Morgan fingerprint density at radius 1 is 0.163 bits per heavy atom. The number of rotatable bonds is 2. The molecule has 0 aromatic heterocycles. The molecule has 0 saturated heterocycles. The Labute approximate surface area is 481 Å². The minimum Gasteiger partial charge on any atom is -0.0622 e. The van der Waals surface area contributed by atoms with Crippen LogP contribution in [0.4, 0.5) is 0 Å². The van der Waals surface area contributed by atoms with Crippen molar-refractivity contribution in [1.29, 1.82) is 0 Å². The van der Waals surface area contributed by atoms with Crippen LogP contribution < -0.4 is 0 Å². The molecule has 404 valence electrons. The minimum absolute atomic E-state index is 1.29. The Balaban J connectivity index is 0.000000152. The quantitative estimate of drug-likeness (QED) is 0.162. The maximum atomic E-state index is 2.24. The highest BCUT2D eigenvalue weighted by Crippen LogP contribution is 2.25. The van der Waals surface area contributed by atoms with Crippen molar-refractivity contribution in [2.45, 2.75) is 96.9 Å². The summed E-state index contributed by atoms with van der Waals surface area (Å²) in [6.07, 6.45) is 0. The van der Waals surface area contributed by atoms with E-state index in [4.69, 9.17) is 0 Å². The van der Waals surface area contributed by atoms with Gasteiger partial charge in [-0.15, -0.1) is 0 Å². The summed E-state index contributed by atoms with van der Waals surface area (Å²) in [5.74, 6) is 0. The lowest BCUT2D eigenvalue weighted by Gasteiger charge is -2.06. The first-order chi connectivity index (χ1) is 38.4. The van der Waals surface area contributed by atoms with Crippen molar-refractivity contribution < 1.29 is 0 Å². The van der Waals surface area contributed by atoms with Crippen molar-refractivity contribution in [3.63, 3.8) is 0 Å². The molecule has 12 rings (SSSR count). The molecule has 0 heterocycles. The van der Waals surface area contributed by atoms with Gasteiger partial charge in [0.05, 0.1) is 0 Å². The molecular formula is C80H84. The molecule has 0 atom stereocenters. The van der Waals surface area contributed by atoms with Gasteiger partial charge in [-0.3, -0.25) is 0 Å². The van der Waals surface area contributed by atoms with Crippen LogP contribution in [0.25, 0.3) is 54.6 Å². The SMILES string of the molecule is Cc1cc(C)cc(-c2ccccc2)c1.Cc1ccc(C)c(-c2ccccc2)c1.Cc1ccc(C)c2ccccc12.Cc1ccc(C)cc1.Cc1ccc2cc(C)ccc2c1.Cc1ccc2ccc(C)cc2c1.Cc1cccc(C)c1. The molecule has 0 bridgehead atoms. The smallest absolute Gasteiger partial charge is 0.0152 e. The van der Waals surface area contributed by atoms with E-state index in [9.17, 15) is 0 Å². The molecule has 12 aromatic rings. The van der Waals surface area contributed by atoms with E-state index in [0.29, 0.717) is 0 Å². The third-order valence-corrected chi connectivity index (χ3v) is 13.9. The van der Waals surface area contributed by atoms with Crippen LogP contribution in [0.3, 0.4) is 0 Å². The summed E-state index contributed by atoms with van der Waals surface area (Å²) in [4.78, 5) is 0. The number of fused-ring (bicyclic) bond motifs is 3. The number of aryl methyl sites for hydroxylation is 14. The lowest BCUT2D eigenvalue weighted by molar-refractivity contribution is 1.38. The average Bonchev–Trinajstić information content (AvgIpc) is 3.47. The van der Waals surface area contributed by atoms with E-state index in [1.807, 2.05) is 6.07 Å². The average molecular weight is 1050 g/mol. The second-order valence-electron chi connectivity index (χ2n) is 21.7. The molecule has 0 N–H and O–H groups in total. The summed E-state index contributed by atoms with van der Waals surface area (Å²) in [7, 11) is 0. The molecule has 0 saturated carbocycles. The topological polar surface area (TPSA) is 0 Å². The van der Waals surface area contributed by atoms with Crippen molar-refractivity contribution >= 4 is 32.3 Å². The van der Waals surface area contributed by atoms with Gasteiger partial charge >= 0.3 is 0 Å². The lowest BCUT2D eigenvalue weighted by Crippen LogP contribution is -1.83. The van der Waals surface area contributed by atoms with Gasteiger partial charge in [0, 0.05) is 0 Å². The van der Waals surface area contributed by atoms with Crippen LogP contribution in [0.15, 0.2) is 255 Å². The van der Waals surface area contributed by atoms with Gasteiger partial charge in [-0.2, -0.15) is 0 Å². The van der Waals surface area contributed by atoms with Gasteiger partial charge in [-0.05, 0) is 168 Å². The van der Waals surface area contributed by atoms with E-state index >= 15 is 0 Å². The number of hydrogen-bond donors (Lipinski definition) is 0. The van der Waals surface area contributed by atoms with E-state index in [2.05, 4.69) is 346 Å². The van der Waals surface area contributed by atoms with Gasteiger partial charge < -0.3 is 0 Å². The summed E-state index contributed by atoms with van der Waals surface area (Å²) in [6.45, 7) is 29.8. The van der Waals surface area contributed by atoms with E-state index in [-0.39, 0.29) is 0 Å². The highest BCUT2D eigenvalue weighted by Gasteiger charge is 2.02. The fraction of sp³-hybridized carbons (Fsp3) is 0.175. The molecule has 12 aromatic carbocycles. The third kappa shape index (κ3) is 19.7. The largest absolute Gasteiger partial charge is 0.0622 e. The Morgan fingerprint density at radius 3 is 0.912 bits per heavy atom. The van der Waals surface area contributed by atoms with Crippen LogP contribution in [0.2, 0.25) is 0 Å². The van der Waals surface area contributed by atoms with Gasteiger partial charge in [0.25, 0.3) is 0 Å². The van der Waals surface area contributed by atoms with E-state index in [1.165, 1.54) is 132 Å². The van der Waals surface area contributed by atoms with Crippen molar-refractivity contribution in [3.8, 4) is 22.3 Å². The third-order valence-electron chi connectivity index (χ3n) is 13.9. The van der Waals surface area contributed by atoms with Gasteiger partial charge in [0.1, 0.15) is 0 Å². The summed E-state index contributed by atoms with van der Waals surface area (Å²) in [5, 5.41) is 8.08. The van der Waals surface area contributed by atoms with E-state index in [1.54, 1.807) is 0 Å². The van der Waals surface area contributed by atoms with Gasteiger partial charge in [0.2, 0.25) is 0 Å². The maximum absolute atomic E-state index is 2.24. The van der Waals surface area contributed by atoms with Gasteiger partial charge in [-0.1, -0.05) is 316 Å². The van der Waals surface area contributed by atoms with Crippen molar-refractivity contribution in [2.24, 2.45) is 0 Å². The summed E-state index contributed by atoms with van der Waals surface area (Å²) < 4.78 is 0. The zero-order valence-corrected chi connectivity index (χ0v) is 50.2. The zero-order chi connectivity index (χ0) is 57.6. The summed E-state index contributed by atoms with van der Waals surface area (Å²) in [5.41, 5.74) is 23.9. The molecule has 0 fully saturated rings. The molecule has 0 unspecified atom stereocenters. The van der Waals surface area contributed by atoms with Crippen LogP contribution in [0, 0.1) is 96.9 Å². The van der Waals surface area contributed by atoms with Crippen molar-refractivity contribution in [2.75, 3.05) is 0 Å². The second-order valence-corrected chi connectivity index (χ2v) is 21.7. The number of hydrogen-bond acceptors (Lipinski definition) is 0. The van der Waals surface area contributed by atoms with Gasteiger partial charge in [-0.25, -0.2) is 0 Å². The predicted octanol–water partition coefficient (Wildman–Crippen LogP) is 22.9. The maximum Gasteiger partial charge on any atom is -0.0152 e. The Bertz CT molecular complexity index is 3660. The molecule has 0 spiro atoms. The molecular weight excluding hydrogens is 961 g/mol. The number of benzene rings is 12. The molecule has 0 heteroatoms. The molecule has 0 aliphatic rings. The fourth-order valence-corrected chi connectivity index (χ4v) is 9.45. The normalized spacial score (nSPS) is 10.1. The summed E-state index contributed by atoms with van der Waals surface area (Å²) >= 11 is 0. The van der Waals surface area contributed by atoms with Crippen LogP contribution in [0.5, 0.6) is 0 Å². The highest BCUT2D eigenvalue weighted by atomic mass is 14.1. The Morgan fingerprint density at radius 2 is 0.487 bits per heavy atom. The van der Waals surface area contributed by atoms with Gasteiger partial charge in [0.15, 0.2) is 0 Å². The van der Waals surface area contributed by atoms with E-state index in [0.717, 1.165) is 0 Å².